The number of rotatable bonds is 9. The fourth-order valence-corrected chi connectivity index (χ4v) is 4.41. The van der Waals surface area contributed by atoms with Gasteiger partial charge in [0, 0.05) is 12.0 Å². The van der Waals surface area contributed by atoms with Crippen molar-refractivity contribution in [2.24, 2.45) is 0 Å². The van der Waals surface area contributed by atoms with Gasteiger partial charge in [-0.05, 0) is 40.8 Å². The Morgan fingerprint density at radius 3 is 2.26 bits per heavy atom. The Morgan fingerprint density at radius 1 is 0.971 bits per heavy atom. The lowest BCUT2D eigenvalue weighted by atomic mass is 9.98. The van der Waals surface area contributed by atoms with E-state index in [1.165, 1.54) is 6.07 Å². The molecule has 0 saturated heterocycles. The number of carbonyl (C=O) groups excluding carboxylic acids is 2. The topological polar surface area (TPSA) is 118 Å². The van der Waals surface area contributed by atoms with Gasteiger partial charge in [-0.3, -0.25) is 14.9 Å². The third-order valence-electron chi connectivity index (χ3n) is 5.95. The molecular formula is C27H27N3O5. The molecule has 35 heavy (non-hydrogen) atoms. The lowest BCUT2D eigenvalue weighted by molar-refractivity contribution is -0.137. The molecule has 1 heterocycles. The number of carboxylic acids is 1. The van der Waals surface area contributed by atoms with Crippen molar-refractivity contribution in [3.63, 3.8) is 0 Å². The van der Waals surface area contributed by atoms with Crippen molar-refractivity contribution >= 4 is 23.8 Å². The maximum absolute atomic E-state index is 12.6. The van der Waals surface area contributed by atoms with Gasteiger partial charge < -0.3 is 15.2 Å². The Bertz CT molecular complexity index is 1200. The summed E-state index contributed by atoms with van der Waals surface area (Å²) in [6.07, 6.45) is 0.425. The van der Waals surface area contributed by atoms with E-state index in [1.54, 1.807) is 12.1 Å². The number of nitrogens with one attached hydrogen (secondary N) is 2. The number of carboxylic acid groups (broad SMARTS) is 1. The van der Waals surface area contributed by atoms with E-state index in [0.29, 0.717) is 6.42 Å². The van der Waals surface area contributed by atoms with Crippen molar-refractivity contribution in [3.8, 4) is 11.1 Å². The number of aliphatic carboxylic acids is 1. The fourth-order valence-electron chi connectivity index (χ4n) is 4.41. The third kappa shape index (κ3) is 5.66. The van der Waals surface area contributed by atoms with Crippen LogP contribution < -0.4 is 10.6 Å². The lowest BCUT2D eigenvalue weighted by Crippen LogP contribution is -2.37. The minimum Gasteiger partial charge on any atom is -0.481 e. The second-order valence-corrected chi connectivity index (χ2v) is 8.42. The van der Waals surface area contributed by atoms with E-state index in [0.717, 1.165) is 28.7 Å². The van der Waals surface area contributed by atoms with Crippen LogP contribution in [-0.2, 0) is 9.53 Å². The average molecular weight is 474 g/mol. The summed E-state index contributed by atoms with van der Waals surface area (Å²) < 4.78 is 5.53. The van der Waals surface area contributed by atoms with Crippen LogP contribution in [-0.4, -0.2) is 40.7 Å². The van der Waals surface area contributed by atoms with E-state index < -0.39 is 24.0 Å². The SMILES string of the molecule is CCC[C@@H](CC(=O)O)NC(=O)c1cccc(NC(=O)OCC2c3ccccc3-c3ccccc32)n1. The maximum Gasteiger partial charge on any atom is 0.412 e. The highest BCUT2D eigenvalue weighted by Crippen LogP contribution is 2.44. The number of carbonyl (C=O) groups is 3. The van der Waals surface area contributed by atoms with Crippen LogP contribution in [0.1, 0.15) is 53.7 Å². The Balaban J connectivity index is 1.38. The molecule has 3 N–H and O–H groups in total. The van der Waals surface area contributed by atoms with Crippen LogP contribution >= 0.6 is 0 Å². The number of hydrogen-bond acceptors (Lipinski definition) is 5. The van der Waals surface area contributed by atoms with Crippen LogP contribution in [0.5, 0.6) is 0 Å². The van der Waals surface area contributed by atoms with Gasteiger partial charge in [-0.15, -0.1) is 0 Å². The number of benzene rings is 2. The molecule has 2 amide bonds. The molecule has 1 atom stereocenters. The molecule has 0 fully saturated rings. The van der Waals surface area contributed by atoms with Crippen LogP contribution in [0.2, 0.25) is 0 Å². The van der Waals surface area contributed by atoms with Gasteiger partial charge in [-0.1, -0.05) is 67.9 Å². The number of nitrogens with zero attached hydrogens (tertiary/aromatic N) is 1. The van der Waals surface area contributed by atoms with Crippen LogP contribution in [0, 0.1) is 0 Å². The van der Waals surface area contributed by atoms with Crippen molar-refractivity contribution in [1.29, 1.82) is 0 Å². The normalized spacial score (nSPS) is 12.8. The predicted molar refractivity (Wildman–Crippen MR) is 131 cm³/mol. The molecule has 0 aliphatic heterocycles. The van der Waals surface area contributed by atoms with Crippen molar-refractivity contribution in [3.05, 3.63) is 83.6 Å². The fraction of sp³-hybridized carbons (Fsp3) is 0.259. The van der Waals surface area contributed by atoms with Crippen LogP contribution in [0.15, 0.2) is 66.7 Å². The molecule has 1 aliphatic rings. The zero-order chi connectivity index (χ0) is 24.8. The first kappa shape index (κ1) is 23.9. The minimum absolute atomic E-state index is 0.0667. The zero-order valence-electron chi connectivity index (χ0n) is 19.4. The first-order chi connectivity index (χ1) is 17.0. The molecule has 0 bridgehead atoms. The quantitative estimate of drug-likeness (QED) is 0.410. The minimum atomic E-state index is -0.984. The van der Waals surface area contributed by atoms with E-state index in [-0.39, 0.29) is 30.5 Å². The van der Waals surface area contributed by atoms with Gasteiger partial charge >= 0.3 is 12.1 Å². The van der Waals surface area contributed by atoms with Crippen LogP contribution in [0.3, 0.4) is 0 Å². The van der Waals surface area contributed by atoms with E-state index in [1.807, 2.05) is 43.3 Å². The van der Waals surface area contributed by atoms with Gasteiger partial charge in [-0.2, -0.15) is 0 Å². The number of ether oxygens (including phenoxy) is 1. The van der Waals surface area contributed by atoms with Crippen LogP contribution in [0.25, 0.3) is 11.1 Å². The second-order valence-electron chi connectivity index (χ2n) is 8.42. The Morgan fingerprint density at radius 2 is 1.63 bits per heavy atom. The van der Waals surface area contributed by atoms with Gasteiger partial charge in [0.05, 0.1) is 6.42 Å². The third-order valence-corrected chi connectivity index (χ3v) is 5.95. The summed E-state index contributed by atoms with van der Waals surface area (Å²) in [4.78, 5) is 40.3. The smallest absolute Gasteiger partial charge is 0.412 e. The molecule has 0 unspecified atom stereocenters. The summed E-state index contributed by atoms with van der Waals surface area (Å²) in [6.45, 7) is 2.08. The maximum atomic E-state index is 12.6. The lowest BCUT2D eigenvalue weighted by Gasteiger charge is -2.16. The van der Waals surface area contributed by atoms with E-state index in [2.05, 4.69) is 27.8 Å². The molecule has 0 saturated carbocycles. The van der Waals surface area contributed by atoms with Gasteiger partial charge in [0.2, 0.25) is 0 Å². The highest BCUT2D eigenvalue weighted by atomic mass is 16.5. The van der Waals surface area contributed by atoms with Crippen molar-refractivity contribution < 1.29 is 24.2 Å². The molecule has 0 radical (unpaired) electrons. The van der Waals surface area contributed by atoms with Gasteiger partial charge in [0.1, 0.15) is 18.1 Å². The van der Waals surface area contributed by atoms with E-state index in [9.17, 15) is 14.4 Å². The first-order valence-electron chi connectivity index (χ1n) is 11.6. The van der Waals surface area contributed by atoms with Gasteiger partial charge in [0.15, 0.2) is 0 Å². The molecule has 2 aromatic carbocycles. The number of pyridine rings is 1. The highest BCUT2D eigenvalue weighted by Gasteiger charge is 2.29. The number of hydrogen-bond donors (Lipinski definition) is 3. The summed E-state index contributed by atoms with van der Waals surface area (Å²) >= 11 is 0. The number of anilines is 1. The average Bonchev–Trinajstić information content (AvgIpc) is 3.16. The molecule has 8 heteroatoms. The van der Waals surface area contributed by atoms with E-state index >= 15 is 0 Å². The summed E-state index contributed by atoms with van der Waals surface area (Å²) in [5.74, 6) is -1.38. The summed E-state index contributed by atoms with van der Waals surface area (Å²) in [5, 5.41) is 14.3. The van der Waals surface area contributed by atoms with Gasteiger partial charge in [-0.25, -0.2) is 9.78 Å². The van der Waals surface area contributed by atoms with Gasteiger partial charge in [0.25, 0.3) is 5.91 Å². The summed E-state index contributed by atoms with van der Waals surface area (Å²) in [7, 11) is 0. The highest BCUT2D eigenvalue weighted by molar-refractivity contribution is 5.93. The molecular weight excluding hydrogens is 446 g/mol. The van der Waals surface area contributed by atoms with Crippen molar-refractivity contribution in [2.45, 2.75) is 38.1 Å². The monoisotopic (exact) mass is 473 g/mol. The van der Waals surface area contributed by atoms with Crippen molar-refractivity contribution in [2.75, 3.05) is 11.9 Å². The second kappa shape index (κ2) is 10.8. The summed E-state index contributed by atoms with van der Waals surface area (Å²) in [6, 6.07) is 20.3. The Labute approximate surface area is 203 Å². The molecule has 0 spiro atoms. The molecule has 1 aromatic heterocycles. The molecule has 3 aromatic rings. The number of fused-ring (bicyclic) bond motifs is 3. The first-order valence-corrected chi connectivity index (χ1v) is 11.6. The molecule has 8 nitrogen and oxygen atoms in total. The predicted octanol–water partition coefficient (Wildman–Crippen LogP) is 4.82. The standard InChI is InChI=1S/C27H27N3O5/c1-2-8-17(15-25(31)32)28-26(33)23-13-7-14-24(29-23)30-27(34)35-16-22-20-11-5-3-9-18(20)19-10-4-6-12-21(19)22/h3-7,9-14,17,22H,2,8,15-16H2,1H3,(H,28,33)(H,31,32)(H,29,30,34)/t17-/m0/s1. The molecule has 4 rings (SSSR count). The Hall–Kier alpha value is -4.20. The van der Waals surface area contributed by atoms with E-state index in [4.69, 9.17) is 9.84 Å². The largest absolute Gasteiger partial charge is 0.481 e. The zero-order valence-corrected chi connectivity index (χ0v) is 19.4. The molecule has 180 valence electrons. The van der Waals surface area contributed by atoms with Crippen molar-refractivity contribution in [1.82, 2.24) is 10.3 Å². The molecule has 1 aliphatic carbocycles. The summed E-state index contributed by atoms with van der Waals surface area (Å²) in [5.41, 5.74) is 4.58. The Kier molecular flexibility index (Phi) is 7.40. The number of aromatic nitrogens is 1. The van der Waals surface area contributed by atoms with Crippen LogP contribution in [0.4, 0.5) is 10.6 Å². The number of amides is 2.